The highest BCUT2D eigenvalue weighted by Crippen LogP contribution is 2.23. The molecule has 2 aromatic carbocycles. The molecule has 1 N–H and O–H groups in total. The van der Waals surface area contributed by atoms with Crippen molar-refractivity contribution in [3.63, 3.8) is 0 Å². The van der Waals surface area contributed by atoms with E-state index in [1.165, 1.54) is 6.07 Å². The molecule has 2 rings (SSSR count). The minimum atomic E-state index is -0.481. The van der Waals surface area contributed by atoms with Crippen molar-refractivity contribution in [1.82, 2.24) is 0 Å². The molecule has 0 bridgehead atoms. The second kappa shape index (κ2) is 6.05. The number of hydrogen-bond acceptors (Lipinski definition) is 2. The highest BCUT2D eigenvalue weighted by Gasteiger charge is 2.11. The molecule has 0 aliphatic heterocycles. The maximum atomic E-state index is 13.8. The summed E-state index contributed by atoms with van der Waals surface area (Å²) in [5.41, 5.74) is 1.63. The molecule has 0 heterocycles. The van der Waals surface area contributed by atoms with Crippen molar-refractivity contribution >= 4 is 33.2 Å². The van der Waals surface area contributed by atoms with Gasteiger partial charge >= 0.3 is 0 Å². The molecule has 3 nitrogen and oxygen atoms in total. The molecule has 0 aromatic heterocycles. The Morgan fingerprint density at radius 1 is 1.15 bits per heavy atom. The van der Waals surface area contributed by atoms with Gasteiger partial charge in [0.25, 0.3) is 5.91 Å². The lowest BCUT2D eigenvalue weighted by Crippen LogP contribution is -2.14. The smallest absolute Gasteiger partial charge is 0.255 e. The molecule has 0 saturated carbocycles. The van der Waals surface area contributed by atoms with Gasteiger partial charge in [-0.1, -0.05) is 6.07 Å². The summed E-state index contributed by atoms with van der Waals surface area (Å²) in [6.07, 6.45) is 0. The van der Waals surface area contributed by atoms with Crippen molar-refractivity contribution in [2.75, 3.05) is 24.3 Å². The summed E-state index contributed by atoms with van der Waals surface area (Å²) in [5, 5.41) is 2.56. The Bertz CT molecular complexity index is 626. The SMILES string of the molecule is CN(C)c1ccc(C(=O)Nc2cccc(Br)c2F)cc1. The summed E-state index contributed by atoms with van der Waals surface area (Å²) in [5.74, 6) is -0.821. The van der Waals surface area contributed by atoms with E-state index in [0.717, 1.165) is 5.69 Å². The number of halogens is 2. The number of rotatable bonds is 3. The standard InChI is InChI=1S/C15H14BrFN2O/c1-19(2)11-8-6-10(7-9-11)15(20)18-13-5-3-4-12(16)14(13)17/h3-9H,1-2H3,(H,18,20). The number of hydrogen-bond donors (Lipinski definition) is 1. The lowest BCUT2D eigenvalue weighted by Gasteiger charge is -2.13. The van der Waals surface area contributed by atoms with Crippen molar-refractivity contribution in [3.8, 4) is 0 Å². The summed E-state index contributed by atoms with van der Waals surface area (Å²) < 4.78 is 14.1. The van der Waals surface area contributed by atoms with Gasteiger partial charge in [0.2, 0.25) is 0 Å². The van der Waals surface area contributed by atoms with Crippen molar-refractivity contribution < 1.29 is 9.18 Å². The summed E-state index contributed by atoms with van der Waals surface area (Å²) in [6.45, 7) is 0. The number of amides is 1. The van der Waals surface area contributed by atoms with Crippen LogP contribution in [0.1, 0.15) is 10.4 Å². The zero-order valence-corrected chi connectivity index (χ0v) is 12.7. The third-order valence-corrected chi connectivity index (χ3v) is 3.46. The highest BCUT2D eigenvalue weighted by molar-refractivity contribution is 9.10. The average Bonchev–Trinajstić information content (AvgIpc) is 2.44. The molecule has 2 aromatic rings. The number of anilines is 2. The summed E-state index contributed by atoms with van der Waals surface area (Å²) >= 11 is 3.09. The predicted molar refractivity (Wildman–Crippen MR) is 82.8 cm³/mol. The second-order valence-electron chi connectivity index (χ2n) is 4.50. The van der Waals surface area contributed by atoms with Crippen LogP contribution in [0, 0.1) is 5.82 Å². The van der Waals surface area contributed by atoms with E-state index in [4.69, 9.17) is 0 Å². The first-order chi connectivity index (χ1) is 9.49. The summed E-state index contributed by atoms with van der Waals surface area (Å²) in [6, 6.07) is 11.9. The second-order valence-corrected chi connectivity index (χ2v) is 5.35. The molecule has 5 heteroatoms. The zero-order valence-electron chi connectivity index (χ0n) is 11.2. The van der Waals surface area contributed by atoms with Crippen molar-refractivity contribution in [2.45, 2.75) is 0 Å². The van der Waals surface area contributed by atoms with Crippen LogP contribution in [-0.4, -0.2) is 20.0 Å². The number of carbonyl (C=O) groups is 1. The maximum Gasteiger partial charge on any atom is 0.255 e. The monoisotopic (exact) mass is 336 g/mol. The van der Waals surface area contributed by atoms with Gasteiger partial charge in [-0.15, -0.1) is 0 Å². The van der Waals surface area contributed by atoms with Crippen LogP contribution in [0.25, 0.3) is 0 Å². The Balaban J connectivity index is 2.18. The Kier molecular flexibility index (Phi) is 4.39. The number of nitrogens with zero attached hydrogens (tertiary/aromatic N) is 1. The highest BCUT2D eigenvalue weighted by atomic mass is 79.9. The van der Waals surface area contributed by atoms with Crippen molar-refractivity contribution in [3.05, 3.63) is 58.3 Å². The third-order valence-electron chi connectivity index (χ3n) is 2.85. The van der Waals surface area contributed by atoms with E-state index in [-0.39, 0.29) is 11.6 Å². The Hall–Kier alpha value is -1.88. The predicted octanol–water partition coefficient (Wildman–Crippen LogP) is 3.91. The van der Waals surface area contributed by atoms with E-state index in [9.17, 15) is 9.18 Å². The first-order valence-electron chi connectivity index (χ1n) is 6.02. The zero-order chi connectivity index (χ0) is 14.7. The minimum Gasteiger partial charge on any atom is -0.378 e. The van der Waals surface area contributed by atoms with Gasteiger partial charge in [-0.2, -0.15) is 0 Å². The van der Waals surface area contributed by atoms with E-state index in [1.54, 1.807) is 24.3 Å². The first kappa shape index (κ1) is 14.5. The van der Waals surface area contributed by atoms with E-state index in [1.807, 2.05) is 31.1 Å². The largest absolute Gasteiger partial charge is 0.378 e. The number of nitrogens with one attached hydrogen (secondary N) is 1. The minimum absolute atomic E-state index is 0.154. The van der Waals surface area contributed by atoms with Crippen molar-refractivity contribution in [1.29, 1.82) is 0 Å². The molecule has 0 radical (unpaired) electrons. The molecular weight excluding hydrogens is 323 g/mol. The number of carbonyl (C=O) groups excluding carboxylic acids is 1. The molecule has 0 aliphatic rings. The lowest BCUT2D eigenvalue weighted by molar-refractivity contribution is 0.102. The van der Waals surface area contributed by atoms with E-state index < -0.39 is 5.82 Å². The van der Waals surface area contributed by atoms with Crippen LogP contribution in [0.15, 0.2) is 46.9 Å². The van der Waals surface area contributed by atoms with Crippen LogP contribution in [0.2, 0.25) is 0 Å². The average molecular weight is 337 g/mol. The van der Waals surface area contributed by atoms with Gasteiger partial charge in [0, 0.05) is 25.3 Å². The lowest BCUT2D eigenvalue weighted by atomic mass is 10.2. The normalized spacial score (nSPS) is 10.2. The van der Waals surface area contributed by atoms with Gasteiger partial charge < -0.3 is 10.2 Å². The Labute approximate surface area is 125 Å². The molecule has 20 heavy (non-hydrogen) atoms. The van der Waals surface area contributed by atoms with E-state index in [0.29, 0.717) is 10.0 Å². The van der Waals surface area contributed by atoms with E-state index >= 15 is 0 Å². The maximum absolute atomic E-state index is 13.8. The summed E-state index contributed by atoms with van der Waals surface area (Å²) in [7, 11) is 3.85. The topological polar surface area (TPSA) is 32.3 Å². The quantitative estimate of drug-likeness (QED) is 0.921. The van der Waals surface area contributed by atoms with Crippen LogP contribution >= 0.6 is 15.9 Å². The van der Waals surface area contributed by atoms with Gasteiger partial charge in [0.05, 0.1) is 10.2 Å². The molecule has 104 valence electrons. The van der Waals surface area contributed by atoms with Crippen LogP contribution in [0.5, 0.6) is 0 Å². The van der Waals surface area contributed by atoms with Gasteiger partial charge in [0.15, 0.2) is 5.82 Å². The number of benzene rings is 2. The van der Waals surface area contributed by atoms with E-state index in [2.05, 4.69) is 21.2 Å². The fraction of sp³-hybridized carbons (Fsp3) is 0.133. The van der Waals surface area contributed by atoms with Crippen LogP contribution in [-0.2, 0) is 0 Å². The molecule has 0 fully saturated rings. The van der Waals surface area contributed by atoms with Gasteiger partial charge in [0.1, 0.15) is 0 Å². The summed E-state index contributed by atoms with van der Waals surface area (Å²) in [4.78, 5) is 14.0. The molecule has 0 saturated heterocycles. The van der Waals surface area contributed by atoms with Gasteiger partial charge in [-0.05, 0) is 52.3 Å². The van der Waals surface area contributed by atoms with Gasteiger partial charge in [-0.25, -0.2) is 4.39 Å². The molecule has 1 amide bonds. The molecular formula is C15H14BrFN2O. The molecule has 0 unspecified atom stereocenters. The molecule has 0 atom stereocenters. The molecule has 0 aliphatic carbocycles. The van der Waals surface area contributed by atoms with Gasteiger partial charge in [-0.3, -0.25) is 4.79 Å². The fourth-order valence-electron chi connectivity index (χ4n) is 1.71. The van der Waals surface area contributed by atoms with Crippen LogP contribution in [0.4, 0.5) is 15.8 Å². The van der Waals surface area contributed by atoms with Crippen LogP contribution < -0.4 is 10.2 Å². The fourth-order valence-corrected chi connectivity index (χ4v) is 2.07. The molecule has 0 spiro atoms. The van der Waals surface area contributed by atoms with Crippen LogP contribution in [0.3, 0.4) is 0 Å². The van der Waals surface area contributed by atoms with Crippen molar-refractivity contribution in [2.24, 2.45) is 0 Å². The Morgan fingerprint density at radius 2 is 1.80 bits per heavy atom. The Morgan fingerprint density at radius 3 is 2.40 bits per heavy atom. The third kappa shape index (κ3) is 3.17. The first-order valence-corrected chi connectivity index (χ1v) is 6.81.